The minimum atomic E-state index is -0.439. The van der Waals surface area contributed by atoms with Crippen molar-refractivity contribution in [3.05, 3.63) is 64.3 Å². The van der Waals surface area contributed by atoms with Gasteiger partial charge in [0.1, 0.15) is 10.4 Å². The summed E-state index contributed by atoms with van der Waals surface area (Å²) in [6, 6.07) is 9.52. The molecule has 0 atom stereocenters. The maximum Gasteiger partial charge on any atom is 0.258 e. The van der Waals surface area contributed by atoms with Crippen molar-refractivity contribution in [3.63, 3.8) is 0 Å². The van der Waals surface area contributed by atoms with Gasteiger partial charge in [0.25, 0.3) is 5.91 Å². The minimum absolute atomic E-state index is 0.102. The first kappa shape index (κ1) is 20.8. The topological polar surface area (TPSA) is 107 Å². The zero-order valence-corrected chi connectivity index (χ0v) is 19.2. The molecule has 172 valence electrons. The van der Waals surface area contributed by atoms with E-state index in [1.54, 1.807) is 12.4 Å². The van der Waals surface area contributed by atoms with Gasteiger partial charge in [-0.3, -0.25) is 14.0 Å². The summed E-state index contributed by atoms with van der Waals surface area (Å²) in [5.41, 5.74) is 1.77. The van der Waals surface area contributed by atoms with Crippen LogP contribution in [0.15, 0.2) is 47.7 Å². The number of amides is 1. The number of nitrogens with zero attached hydrogens (tertiary/aromatic N) is 6. The molecule has 1 aliphatic rings. The molecule has 0 radical (unpaired) electrons. The molecule has 0 bridgehead atoms. The summed E-state index contributed by atoms with van der Waals surface area (Å²) < 4.78 is 10.1. The molecule has 1 fully saturated rings. The molecule has 0 saturated carbocycles. The molecule has 6 rings (SSSR count). The summed E-state index contributed by atoms with van der Waals surface area (Å²) in [6.07, 6.45) is 3.50. The molecule has 5 heterocycles. The van der Waals surface area contributed by atoms with Gasteiger partial charge in [-0.15, -0.1) is 21.5 Å². The van der Waals surface area contributed by atoms with Crippen LogP contribution in [0.3, 0.4) is 0 Å². The molecule has 5 aromatic rings. The van der Waals surface area contributed by atoms with Crippen molar-refractivity contribution in [3.8, 4) is 0 Å². The summed E-state index contributed by atoms with van der Waals surface area (Å²) in [4.78, 5) is 33.9. The quantitative estimate of drug-likeness (QED) is 0.423. The molecule has 1 saturated heterocycles. The lowest BCUT2D eigenvalue weighted by molar-refractivity contribution is 0.0951. The molecule has 0 unspecified atom stereocenters. The number of para-hydroxylation sites is 1. The van der Waals surface area contributed by atoms with Crippen LogP contribution < -0.4 is 15.6 Å². The normalized spacial score (nSPS) is 14.3. The summed E-state index contributed by atoms with van der Waals surface area (Å²) in [5.74, 6) is 0.165. The molecule has 34 heavy (non-hydrogen) atoms. The van der Waals surface area contributed by atoms with Crippen molar-refractivity contribution in [1.82, 2.24) is 29.5 Å². The van der Waals surface area contributed by atoms with Crippen LogP contribution in [0.4, 0.5) is 5.82 Å². The summed E-state index contributed by atoms with van der Waals surface area (Å²) in [6.45, 7) is 2.75. The second-order valence-electron chi connectivity index (χ2n) is 8.17. The average molecular weight is 476 g/mol. The lowest BCUT2D eigenvalue weighted by Gasteiger charge is -2.27. The van der Waals surface area contributed by atoms with Crippen LogP contribution >= 0.6 is 11.3 Å². The van der Waals surface area contributed by atoms with Crippen LogP contribution in [-0.4, -0.2) is 56.4 Å². The van der Waals surface area contributed by atoms with Crippen molar-refractivity contribution >= 4 is 49.1 Å². The first-order chi connectivity index (χ1) is 16.6. The largest absolute Gasteiger partial charge is 0.378 e. The molecule has 11 heteroatoms. The van der Waals surface area contributed by atoms with Gasteiger partial charge in [0.2, 0.25) is 5.43 Å². The highest BCUT2D eigenvalue weighted by molar-refractivity contribution is 7.24. The van der Waals surface area contributed by atoms with E-state index in [1.807, 2.05) is 51.4 Å². The van der Waals surface area contributed by atoms with Crippen molar-refractivity contribution < 1.29 is 9.53 Å². The summed E-state index contributed by atoms with van der Waals surface area (Å²) >= 11 is 1.39. The first-order valence-corrected chi connectivity index (χ1v) is 11.7. The highest BCUT2D eigenvalue weighted by atomic mass is 32.1. The van der Waals surface area contributed by atoms with E-state index in [-0.39, 0.29) is 17.5 Å². The number of nitrogens with one attached hydrogen (secondary N) is 1. The third kappa shape index (κ3) is 3.40. The molecule has 4 aromatic heterocycles. The number of thiazole rings is 1. The van der Waals surface area contributed by atoms with Crippen molar-refractivity contribution in [2.24, 2.45) is 7.05 Å². The number of fused-ring (bicyclic) bond motifs is 5. The fraction of sp³-hybridized carbons (Fsp3) is 0.261. The molecule has 0 aliphatic carbocycles. The van der Waals surface area contributed by atoms with E-state index in [4.69, 9.17) is 4.74 Å². The minimum Gasteiger partial charge on any atom is -0.378 e. The van der Waals surface area contributed by atoms with E-state index in [0.29, 0.717) is 53.7 Å². The smallest absolute Gasteiger partial charge is 0.258 e. The van der Waals surface area contributed by atoms with Crippen LogP contribution in [0.25, 0.3) is 26.1 Å². The highest BCUT2D eigenvalue weighted by Gasteiger charge is 2.24. The average Bonchev–Trinajstić information content (AvgIpc) is 3.46. The molecular formula is C23H21N7O3S. The molecule has 10 nitrogen and oxygen atoms in total. The number of aryl methyl sites for hydroxylation is 1. The number of imidazole rings is 1. The lowest BCUT2D eigenvalue weighted by Crippen LogP contribution is -2.37. The number of pyridine rings is 1. The van der Waals surface area contributed by atoms with E-state index in [0.717, 1.165) is 10.2 Å². The van der Waals surface area contributed by atoms with Gasteiger partial charge < -0.3 is 19.5 Å². The molecular weight excluding hydrogens is 454 g/mol. The molecule has 0 spiro atoms. The fourth-order valence-electron chi connectivity index (χ4n) is 4.26. The number of ether oxygens (including phenoxy) is 1. The highest BCUT2D eigenvalue weighted by Crippen LogP contribution is 2.31. The Morgan fingerprint density at radius 3 is 2.82 bits per heavy atom. The predicted molar refractivity (Wildman–Crippen MR) is 130 cm³/mol. The number of anilines is 1. The number of carbonyl (C=O) groups is 1. The Balaban J connectivity index is 1.54. The van der Waals surface area contributed by atoms with Gasteiger partial charge in [-0.05, 0) is 18.2 Å². The molecule has 1 aliphatic heterocycles. The van der Waals surface area contributed by atoms with Gasteiger partial charge in [-0.1, -0.05) is 12.1 Å². The van der Waals surface area contributed by atoms with Crippen molar-refractivity contribution in [2.75, 3.05) is 31.2 Å². The molecule has 1 N–H and O–H groups in total. The van der Waals surface area contributed by atoms with Crippen LogP contribution in [0.5, 0.6) is 0 Å². The third-order valence-electron chi connectivity index (χ3n) is 5.93. The Hall–Kier alpha value is -3.83. The third-order valence-corrected chi connectivity index (χ3v) is 7.07. The van der Waals surface area contributed by atoms with Crippen LogP contribution in [0, 0.1) is 0 Å². The number of carbonyl (C=O) groups excluding carboxylic acids is 1. The number of hydrogen-bond acceptors (Lipinski definition) is 8. The molecule has 1 amide bonds. The van der Waals surface area contributed by atoms with E-state index in [9.17, 15) is 9.59 Å². The first-order valence-electron chi connectivity index (χ1n) is 10.9. The Morgan fingerprint density at radius 2 is 2.03 bits per heavy atom. The summed E-state index contributed by atoms with van der Waals surface area (Å²) in [7, 11) is 1.86. The van der Waals surface area contributed by atoms with Gasteiger partial charge in [-0.2, -0.15) is 0 Å². The maximum absolute atomic E-state index is 13.7. The van der Waals surface area contributed by atoms with Gasteiger partial charge in [0, 0.05) is 26.3 Å². The SMILES string of the molecule is Cn1cnc(CNC(=O)c2c(=O)c3cc(N4CCOCC4)nnc3n3c2sc2ccccc23)c1. The number of morpholine rings is 1. The van der Waals surface area contributed by atoms with E-state index >= 15 is 0 Å². The van der Waals surface area contributed by atoms with Gasteiger partial charge in [0.05, 0.1) is 47.4 Å². The van der Waals surface area contributed by atoms with Gasteiger partial charge in [-0.25, -0.2) is 4.98 Å². The van der Waals surface area contributed by atoms with Gasteiger partial charge in [0.15, 0.2) is 11.5 Å². The van der Waals surface area contributed by atoms with Crippen LogP contribution in [0.1, 0.15) is 16.1 Å². The van der Waals surface area contributed by atoms with E-state index < -0.39 is 5.91 Å². The Labute approximate surface area is 197 Å². The van der Waals surface area contributed by atoms with E-state index in [2.05, 4.69) is 20.5 Å². The van der Waals surface area contributed by atoms with Crippen molar-refractivity contribution in [2.45, 2.75) is 6.54 Å². The number of aromatic nitrogens is 5. The zero-order chi connectivity index (χ0) is 23.2. The molecule has 1 aromatic carbocycles. The number of benzene rings is 1. The predicted octanol–water partition coefficient (Wildman–Crippen LogP) is 1.96. The van der Waals surface area contributed by atoms with Gasteiger partial charge >= 0.3 is 0 Å². The zero-order valence-electron chi connectivity index (χ0n) is 18.4. The number of hydrogen-bond donors (Lipinski definition) is 1. The summed E-state index contributed by atoms with van der Waals surface area (Å²) in [5, 5.41) is 12.1. The second kappa shape index (κ2) is 8.19. The Bertz CT molecular complexity index is 1610. The fourth-order valence-corrected chi connectivity index (χ4v) is 5.45. The van der Waals surface area contributed by atoms with Crippen LogP contribution in [-0.2, 0) is 18.3 Å². The van der Waals surface area contributed by atoms with E-state index in [1.165, 1.54) is 11.3 Å². The lowest BCUT2D eigenvalue weighted by atomic mass is 10.1. The standard InChI is InChI=1S/C23H21N7O3S/c1-28-12-14(25-13-28)11-24-22(32)19-20(31)15-10-18(29-6-8-33-9-7-29)26-27-21(15)30-16-4-2-3-5-17(16)34-23(19)30/h2-5,10,12-13H,6-9,11H2,1H3,(H,24,32). The number of rotatable bonds is 4. The van der Waals surface area contributed by atoms with Crippen molar-refractivity contribution in [1.29, 1.82) is 0 Å². The Morgan fingerprint density at radius 1 is 1.21 bits per heavy atom. The van der Waals surface area contributed by atoms with Crippen LogP contribution in [0.2, 0.25) is 0 Å². The maximum atomic E-state index is 13.7. The second-order valence-corrected chi connectivity index (χ2v) is 9.20. The monoisotopic (exact) mass is 475 g/mol. The Kier molecular flexibility index (Phi) is 5.00.